The maximum Gasteiger partial charge on any atom is 0.270 e. The van der Waals surface area contributed by atoms with Gasteiger partial charge in [-0.2, -0.15) is 0 Å². The van der Waals surface area contributed by atoms with E-state index < -0.39 is 10.0 Å². The molecule has 0 amide bonds. The zero-order valence-corrected chi connectivity index (χ0v) is 15.2. The van der Waals surface area contributed by atoms with Crippen molar-refractivity contribution in [3.05, 3.63) is 59.7 Å². The molecule has 2 rings (SSSR count). The fourth-order valence-corrected chi connectivity index (χ4v) is 3.16. The SMILES string of the molecule is C#CN(C)S(=O)(=O)c1ccc(CNCc2ccc(OCC)cc2)cc1. The third-order valence-corrected chi connectivity index (χ3v) is 5.35. The van der Waals surface area contributed by atoms with Gasteiger partial charge in [-0.05, 0) is 42.3 Å². The molecular weight excluding hydrogens is 336 g/mol. The van der Waals surface area contributed by atoms with Crippen molar-refractivity contribution in [2.75, 3.05) is 13.7 Å². The third kappa shape index (κ3) is 4.99. The molecule has 0 aliphatic carbocycles. The van der Waals surface area contributed by atoms with Gasteiger partial charge < -0.3 is 10.1 Å². The van der Waals surface area contributed by atoms with Gasteiger partial charge >= 0.3 is 0 Å². The number of nitrogens with one attached hydrogen (secondary N) is 1. The fraction of sp³-hybridized carbons (Fsp3) is 0.263. The molecule has 0 spiro atoms. The van der Waals surface area contributed by atoms with Gasteiger partial charge in [0.15, 0.2) is 0 Å². The first-order valence-corrected chi connectivity index (χ1v) is 9.38. The van der Waals surface area contributed by atoms with Crippen LogP contribution in [0.5, 0.6) is 5.75 Å². The van der Waals surface area contributed by atoms with Gasteiger partial charge in [-0.25, -0.2) is 12.7 Å². The topological polar surface area (TPSA) is 58.6 Å². The van der Waals surface area contributed by atoms with Gasteiger partial charge in [0.2, 0.25) is 0 Å². The molecule has 2 aromatic carbocycles. The van der Waals surface area contributed by atoms with Crippen LogP contribution >= 0.6 is 0 Å². The molecule has 0 atom stereocenters. The Labute approximate surface area is 149 Å². The highest BCUT2D eigenvalue weighted by atomic mass is 32.2. The highest BCUT2D eigenvalue weighted by Gasteiger charge is 2.17. The van der Waals surface area contributed by atoms with Crippen molar-refractivity contribution >= 4 is 10.0 Å². The average Bonchev–Trinajstić information content (AvgIpc) is 2.63. The molecule has 0 heterocycles. The van der Waals surface area contributed by atoms with Crippen molar-refractivity contribution in [1.29, 1.82) is 0 Å². The van der Waals surface area contributed by atoms with Crippen LogP contribution in [0.3, 0.4) is 0 Å². The maximum atomic E-state index is 12.1. The number of terminal acetylenes is 1. The Bertz CT molecular complexity index is 822. The summed E-state index contributed by atoms with van der Waals surface area (Å²) < 4.78 is 30.5. The largest absolute Gasteiger partial charge is 0.494 e. The van der Waals surface area contributed by atoms with E-state index in [4.69, 9.17) is 11.2 Å². The summed E-state index contributed by atoms with van der Waals surface area (Å²) in [5.74, 6) is 0.861. The van der Waals surface area contributed by atoms with Crippen LogP contribution in [0.1, 0.15) is 18.1 Å². The summed E-state index contributed by atoms with van der Waals surface area (Å²) in [6.45, 7) is 3.96. The molecule has 2 aromatic rings. The van der Waals surface area contributed by atoms with E-state index in [1.165, 1.54) is 7.05 Å². The van der Waals surface area contributed by atoms with Gasteiger partial charge in [-0.1, -0.05) is 30.7 Å². The number of ether oxygens (including phenoxy) is 1. The molecule has 6 heteroatoms. The molecule has 0 unspecified atom stereocenters. The summed E-state index contributed by atoms with van der Waals surface area (Å²) in [4.78, 5) is 0.184. The van der Waals surface area contributed by atoms with Crippen LogP contribution in [-0.4, -0.2) is 26.4 Å². The van der Waals surface area contributed by atoms with Crippen LogP contribution in [0.4, 0.5) is 0 Å². The van der Waals surface area contributed by atoms with Crippen LogP contribution in [0.2, 0.25) is 0 Å². The van der Waals surface area contributed by atoms with Crippen molar-refractivity contribution in [1.82, 2.24) is 9.62 Å². The molecular formula is C19H22N2O3S. The first kappa shape index (κ1) is 18.8. The Morgan fingerprint density at radius 1 is 1.04 bits per heavy atom. The predicted molar refractivity (Wildman–Crippen MR) is 98.4 cm³/mol. The van der Waals surface area contributed by atoms with Crippen molar-refractivity contribution < 1.29 is 13.2 Å². The van der Waals surface area contributed by atoms with E-state index in [1.54, 1.807) is 24.3 Å². The summed E-state index contributed by atoms with van der Waals surface area (Å²) in [5, 5.41) is 3.33. The Balaban J connectivity index is 1.91. The lowest BCUT2D eigenvalue weighted by molar-refractivity contribution is 0.340. The average molecular weight is 358 g/mol. The quantitative estimate of drug-likeness (QED) is 0.582. The van der Waals surface area contributed by atoms with Crippen LogP contribution in [0, 0.1) is 12.5 Å². The number of nitrogens with zero attached hydrogens (tertiary/aromatic N) is 1. The van der Waals surface area contributed by atoms with Gasteiger partial charge in [0.25, 0.3) is 10.0 Å². The zero-order valence-electron chi connectivity index (χ0n) is 14.4. The minimum atomic E-state index is -3.61. The second-order valence-corrected chi connectivity index (χ2v) is 7.40. The zero-order chi connectivity index (χ0) is 18.3. The number of hydrogen-bond acceptors (Lipinski definition) is 4. The molecule has 0 saturated carbocycles. The maximum absolute atomic E-state index is 12.1. The van der Waals surface area contributed by atoms with Crippen molar-refractivity contribution in [2.45, 2.75) is 24.9 Å². The van der Waals surface area contributed by atoms with E-state index in [0.717, 1.165) is 21.2 Å². The lowest BCUT2D eigenvalue weighted by Gasteiger charge is -2.12. The summed E-state index contributed by atoms with van der Waals surface area (Å²) in [6, 6.07) is 16.7. The minimum Gasteiger partial charge on any atom is -0.494 e. The number of hydrogen-bond donors (Lipinski definition) is 1. The van der Waals surface area contributed by atoms with Gasteiger partial charge in [0.1, 0.15) is 5.75 Å². The van der Waals surface area contributed by atoms with Crippen LogP contribution in [0.25, 0.3) is 0 Å². The summed E-state index contributed by atoms with van der Waals surface area (Å²) in [7, 11) is -2.26. The molecule has 0 aliphatic heterocycles. The molecule has 5 nitrogen and oxygen atoms in total. The lowest BCUT2D eigenvalue weighted by atomic mass is 10.2. The normalized spacial score (nSPS) is 10.9. The highest BCUT2D eigenvalue weighted by Crippen LogP contribution is 2.15. The predicted octanol–water partition coefficient (Wildman–Crippen LogP) is 2.59. The number of benzene rings is 2. The van der Waals surface area contributed by atoms with Crippen LogP contribution in [-0.2, 0) is 23.1 Å². The van der Waals surface area contributed by atoms with E-state index in [0.29, 0.717) is 19.7 Å². The van der Waals surface area contributed by atoms with E-state index in [1.807, 2.05) is 31.2 Å². The molecule has 25 heavy (non-hydrogen) atoms. The van der Waals surface area contributed by atoms with E-state index in [2.05, 4.69) is 11.4 Å². The Morgan fingerprint density at radius 3 is 2.04 bits per heavy atom. The molecule has 0 radical (unpaired) electrons. The summed E-state index contributed by atoms with van der Waals surface area (Å²) in [5.41, 5.74) is 2.14. The second kappa shape index (κ2) is 8.56. The van der Waals surface area contributed by atoms with Crippen molar-refractivity contribution in [2.24, 2.45) is 0 Å². The Kier molecular flexibility index (Phi) is 6.45. The third-order valence-electron chi connectivity index (χ3n) is 3.66. The van der Waals surface area contributed by atoms with Gasteiger partial charge in [0.05, 0.1) is 11.5 Å². The van der Waals surface area contributed by atoms with Crippen LogP contribution in [0.15, 0.2) is 53.4 Å². The van der Waals surface area contributed by atoms with Crippen LogP contribution < -0.4 is 10.1 Å². The second-order valence-electron chi connectivity index (χ2n) is 5.43. The fourth-order valence-electron chi connectivity index (χ4n) is 2.23. The Hall–Kier alpha value is -2.49. The van der Waals surface area contributed by atoms with Crippen molar-refractivity contribution in [3.63, 3.8) is 0 Å². The van der Waals surface area contributed by atoms with Crippen molar-refractivity contribution in [3.8, 4) is 18.2 Å². The van der Waals surface area contributed by atoms with E-state index in [9.17, 15) is 8.42 Å². The van der Waals surface area contributed by atoms with E-state index >= 15 is 0 Å². The minimum absolute atomic E-state index is 0.184. The summed E-state index contributed by atoms with van der Waals surface area (Å²) >= 11 is 0. The molecule has 0 bridgehead atoms. The first-order chi connectivity index (χ1) is 12.0. The first-order valence-electron chi connectivity index (χ1n) is 7.94. The summed E-state index contributed by atoms with van der Waals surface area (Å²) in [6.07, 6.45) is 5.15. The van der Waals surface area contributed by atoms with Gasteiger partial charge in [-0.15, -0.1) is 0 Å². The standard InChI is InChI=1S/C19H22N2O3S/c1-4-21(3)25(22,23)19-12-8-17(9-13-19)15-20-14-16-6-10-18(11-7-16)24-5-2/h1,6-13,20H,5,14-15H2,2-3H3. The smallest absolute Gasteiger partial charge is 0.270 e. The molecule has 0 fully saturated rings. The van der Waals surface area contributed by atoms with Gasteiger partial charge in [-0.3, -0.25) is 0 Å². The molecule has 1 N–H and O–H groups in total. The molecule has 132 valence electrons. The Morgan fingerprint density at radius 2 is 1.56 bits per heavy atom. The lowest BCUT2D eigenvalue weighted by Crippen LogP contribution is -2.21. The molecule has 0 aliphatic rings. The number of sulfonamides is 1. The molecule has 0 aromatic heterocycles. The highest BCUT2D eigenvalue weighted by molar-refractivity contribution is 7.89. The van der Waals surface area contributed by atoms with E-state index in [-0.39, 0.29) is 4.90 Å². The number of rotatable bonds is 8. The van der Waals surface area contributed by atoms with Gasteiger partial charge in [0, 0.05) is 26.2 Å². The molecule has 0 saturated heterocycles. The monoisotopic (exact) mass is 358 g/mol.